The van der Waals surface area contributed by atoms with Gasteiger partial charge in [0, 0.05) is 11.8 Å². The van der Waals surface area contributed by atoms with Crippen LogP contribution in [0.5, 0.6) is 0 Å². The lowest BCUT2D eigenvalue weighted by Gasteiger charge is -2.01. The topological polar surface area (TPSA) is 77.3 Å². The highest BCUT2D eigenvalue weighted by molar-refractivity contribution is 5.86. The van der Waals surface area contributed by atoms with E-state index in [-0.39, 0.29) is 12.2 Å². The number of rotatable bonds is 4. The first-order valence-electron chi connectivity index (χ1n) is 3.08. The summed E-state index contributed by atoms with van der Waals surface area (Å²) in [6.45, 7) is 2.33. The summed E-state index contributed by atoms with van der Waals surface area (Å²) in [5, 5.41) is 10.1. The number of nitrogens with zero attached hydrogens (tertiary/aromatic N) is 1. The lowest BCUT2D eigenvalue weighted by Crippen LogP contribution is -2.29. The average Bonchev–Trinajstić information content (AvgIpc) is 1.81. The Morgan fingerprint density at radius 1 is 1.45 bits per heavy atom. The van der Waals surface area contributed by atoms with Crippen LogP contribution >= 0.6 is 0 Å². The van der Waals surface area contributed by atoms with Crippen molar-refractivity contribution in [3.05, 3.63) is 10.1 Å². The summed E-state index contributed by atoms with van der Waals surface area (Å²) in [4.78, 5) is 30.3. The van der Waals surface area contributed by atoms with Crippen LogP contribution in [-0.4, -0.2) is 22.5 Å². The Labute approximate surface area is 63.5 Å². The van der Waals surface area contributed by atoms with E-state index in [4.69, 9.17) is 0 Å². The number of hydrogen-bond acceptors (Lipinski definition) is 4. The van der Waals surface area contributed by atoms with E-state index in [1.807, 2.05) is 0 Å². The van der Waals surface area contributed by atoms with Crippen molar-refractivity contribution in [1.82, 2.24) is 0 Å². The molecule has 0 N–H and O–H groups in total. The molecule has 0 aromatic rings. The molecule has 0 radical (unpaired) electrons. The van der Waals surface area contributed by atoms with Crippen molar-refractivity contribution in [2.75, 3.05) is 0 Å². The lowest BCUT2D eigenvalue weighted by atomic mass is 10.1. The molecule has 0 aromatic heterocycles. The average molecular weight is 159 g/mol. The number of Topliss-reactive ketones (excluding diaryl/α,β-unsaturated/α-hetero) is 2. The van der Waals surface area contributed by atoms with Crippen LogP contribution in [0.1, 0.15) is 20.3 Å². The molecule has 0 fully saturated rings. The Morgan fingerprint density at radius 2 is 1.91 bits per heavy atom. The van der Waals surface area contributed by atoms with Crippen molar-refractivity contribution >= 4 is 11.6 Å². The van der Waals surface area contributed by atoms with E-state index in [1.165, 1.54) is 6.92 Å². The number of nitro groups is 1. The van der Waals surface area contributed by atoms with Crippen molar-refractivity contribution in [2.45, 2.75) is 26.3 Å². The SMILES string of the molecule is CC(=O)CC(C(C)=O)[N+](=O)[O-]. The molecule has 1 atom stereocenters. The third kappa shape index (κ3) is 3.44. The highest BCUT2D eigenvalue weighted by atomic mass is 16.6. The first kappa shape index (κ1) is 9.74. The Hall–Kier alpha value is -1.26. The molecule has 1 unspecified atom stereocenters. The zero-order chi connectivity index (χ0) is 9.02. The van der Waals surface area contributed by atoms with Crippen LogP contribution < -0.4 is 0 Å². The fourth-order valence-corrected chi connectivity index (χ4v) is 0.639. The Morgan fingerprint density at radius 3 is 2.00 bits per heavy atom. The molecule has 0 aliphatic carbocycles. The van der Waals surface area contributed by atoms with Gasteiger partial charge in [-0.1, -0.05) is 0 Å². The zero-order valence-corrected chi connectivity index (χ0v) is 6.36. The second kappa shape index (κ2) is 3.80. The molecule has 62 valence electrons. The number of hydrogen-bond donors (Lipinski definition) is 0. The molecule has 0 heterocycles. The minimum absolute atomic E-state index is 0.303. The van der Waals surface area contributed by atoms with Crippen molar-refractivity contribution in [1.29, 1.82) is 0 Å². The van der Waals surface area contributed by atoms with Crippen molar-refractivity contribution in [3.63, 3.8) is 0 Å². The van der Waals surface area contributed by atoms with Crippen LogP contribution in [-0.2, 0) is 9.59 Å². The largest absolute Gasteiger partial charge is 0.300 e. The molecule has 0 bridgehead atoms. The Balaban J connectivity index is 4.23. The van der Waals surface area contributed by atoms with Gasteiger partial charge in [0.2, 0.25) is 5.78 Å². The molecular weight excluding hydrogens is 150 g/mol. The van der Waals surface area contributed by atoms with Gasteiger partial charge in [-0.25, -0.2) is 0 Å². The lowest BCUT2D eigenvalue weighted by molar-refractivity contribution is -0.506. The molecule has 0 saturated heterocycles. The molecule has 0 spiro atoms. The summed E-state index contributed by atoms with van der Waals surface area (Å²) in [5.74, 6) is -0.924. The number of carbonyl (C=O) groups excluding carboxylic acids is 2. The van der Waals surface area contributed by atoms with Crippen LogP contribution in [0.25, 0.3) is 0 Å². The monoisotopic (exact) mass is 159 g/mol. The summed E-state index contributed by atoms with van der Waals surface area (Å²) in [6.07, 6.45) is -0.303. The van der Waals surface area contributed by atoms with Gasteiger partial charge in [-0.2, -0.15) is 0 Å². The minimum atomic E-state index is -1.35. The van der Waals surface area contributed by atoms with Gasteiger partial charge < -0.3 is 0 Å². The third-order valence-corrected chi connectivity index (χ3v) is 1.20. The van der Waals surface area contributed by atoms with E-state index in [2.05, 4.69) is 0 Å². The van der Waals surface area contributed by atoms with Crippen molar-refractivity contribution < 1.29 is 14.5 Å². The number of ketones is 2. The van der Waals surface area contributed by atoms with Gasteiger partial charge in [-0.05, 0) is 6.92 Å². The predicted molar refractivity (Wildman–Crippen MR) is 36.8 cm³/mol. The molecule has 0 aliphatic rings. The third-order valence-electron chi connectivity index (χ3n) is 1.20. The second-order valence-electron chi connectivity index (χ2n) is 2.32. The smallest absolute Gasteiger partial charge is 0.276 e. The fourth-order valence-electron chi connectivity index (χ4n) is 0.639. The van der Waals surface area contributed by atoms with Gasteiger partial charge >= 0.3 is 0 Å². The maximum absolute atomic E-state index is 10.5. The highest BCUT2D eigenvalue weighted by Crippen LogP contribution is 1.99. The first-order valence-corrected chi connectivity index (χ1v) is 3.08. The molecule has 0 rings (SSSR count). The van der Waals surface area contributed by atoms with Gasteiger partial charge in [0.1, 0.15) is 5.78 Å². The summed E-state index contributed by atoms with van der Waals surface area (Å²) in [6, 6.07) is -1.35. The highest BCUT2D eigenvalue weighted by Gasteiger charge is 2.26. The van der Waals surface area contributed by atoms with Crippen molar-refractivity contribution in [3.8, 4) is 0 Å². The standard InChI is InChI=1S/C6H9NO4/c1-4(8)3-6(5(2)9)7(10)11/h6H,3H2,1-2H3. The predicted octanol–water partition coefficient (Wildman–Crippen LogP) is 0.200. The van der Waals surface area contributed by atoms with Gasteiger partial charge in [0.25, 0.3) is 6.04 Å². The molecule has 5 nitrogen and oxygen atoms in total. The zero-order valence-electron chi connectivity index (χ0n) is 6.36. The molecule has 0 aromatic carbocycles. The van der Waals surface area contributed by atoms with E-state index in [9.17, 15) is 19.7 Å². The van der Waals surface area contributed by atoms with Crippen molar-refractivity contribution in [2.24, 2.45) is 0 Å². The van der Waals surface area contributed by atoms with Crippen LogP contribution in [0.4, 0.5) is 0 Å². The molecule has 0 amide bonds. The summed E-state index contributed by atoms with van der Waals surface area (Å²) in [5.41, 5.74) is 0. The maximum Gasteiger partial charge on any atom is 0.276 e. The van der Waals surface area contributed by atoms with E-state index >= 15 is 0 Å². The van der Waals surface area contributed by atoms with Crippen LogP contribution in [0.15, 0.2) is 0 Å². The van der Waals surface area contributed by atoms with Crippen LogP contribution in [0.2, 0.25) is 0 Å². The summed E-state index contributed by atoms with van der Waals surface area (Å²) in [7, 11) is 0. The summed E-state index contributed by atoms with van der Waals surface area (Å²) < 4.78 is 0. The van der Waals surface area contributed by atoms with E-state index in [1.54, 1.807) is 0 Å². The minimum Gasteiger partial charge on any atom is -0.300 e. The molecular formula is C6H9NO4. The summed E-state index contributed by atoms with van der Waals surface area (Å²) >= 11 is 0. The van der Waals surface area contributed by atoms with Gasteiger partial charge in [0.15, 0.2) is 0 Å². The van der Waals surface area contributed by atoms with Gasteiger partial charge in [-0.3, -0.25) is 19.7 Å². The molecule has 5 heteroatoms. The molecule has 11 heavy (non-hydrogen) atoms. The first-order chi connectivity index (χ1) is 4.95. The molecule has 0 saturated carbocycles. The van der Waals surface area contributed by atoms with Crippen LogP contribution in [0.3, 0.4) is 0 Å². The van der Waals surface area contributed by atoms with E-state index in [0.29, 0.717) is 0 Å². The molecule has 0 aliphatic heterocycles. The van der Waals surface area contributed by atoms with Gasteiger partial charge in [-0.15, -0.1) is 0 Å². The Bertz CT molecular complexity index is 185. The second-order valence-corrected chi connectivity index (χ2v) is 2.32. The van der Waals surface area contributed by atoms with Crippen LogP contribution in [0, 0.1) is 10.1 Å². The fraction of sp³-hybridized carbons (Fsp3) is 0.667. The van der Waals surface area contributed by atoms with E-state index in [0.717, 1.165) is 6.92 Å². The normalized spacial score (nSPS) is 12.2. The van der Waals surface area contributed by atoms with Gasteiger partial charge in [0.05, 0.1) is 6.42 Å². The van der Waals surface area contributed by atoms with E-state index < -0.39 is 16.7 Å². The maximum atomic E-state index is 10.5. The Kier molecular flexibility index (Phi) is 3.36. The quantitative estimate of drug-likeness (QED) is 0.433. The number of carbonyl (C=O) groups is 2.